The first-order valence-electron chi connectivity index (χ1n) is 2.06. The lowest BCUT2D eigenvalue weighted by atomic mass is 10.5. The molecule has 4 heteroatoms. The molecule has 2 N–H and O–H groups in total. The Morgan fingerprint density at radius 3 is 2.62 bits per heavy atom. The van der Waals surface area contributed by atoms with E-state index in [1.54, 1.807) is 0 Å². The first-order valence-corrected chi connectivity index (χ1v) is 2.85. The zero-order valence-electron chi connectivity index (χ0n) is 3.89. The van der Waals surface area contributed by atoms with Gasteiger partial charge in [-0.2, -0.15) is 0 Å². The fourth-order valence-electron chi connectivity index (χ4n) is 0.459. The molecule has 0 fully saturated rings. The largest absolute Gasteiger partial charge is 0.370 e. The van der Waals surface area contributed by atoms with Crippen LogP contribution in [-0.4, -0.2) is 17.2 Å². The van der Waals surface area contributed by atoms with Gasteiger partial charge < -0.3 is 10.4 Å². The lowest BCUT2D eigenvalue weighted by Crippen LogP contribution is -2.25. The van der Waals surface area contributed by atoms with Gasteiger partial charge in [0.05, 0.1) is 4.48 Å². The highest BCUT2D eigenvalue weighted by Gasteiger charge is 2.17. The zero-order chi connectivity index (χ0) is 6.15. The monoisotopic (exact) mass is 177 g/mol. The Bertz CT molecular complexity index is 154. The standard InChI is InChI=1S/C4H4BrNO2/c5-2-1-3(7)6-4(2)8/h1,3,7H,(H,6,8). The van der Waals surface area contributed by atoms with Gasteiger partial charge in [-0.3, -0.25) is 4.79 Å². The molecule has 0 aromatic carbocycles. The molecular formula is C4H4BrNO2. The van der Waals surface area contributed by atoms with Crippen LogP contribution in [0.4, 0.5) is 0 Å². The first-order chi connectivity index (χ1) is 3.70. The first kappa shape index (κ1) is 5.78. The van der Waals surface area contributed by atoms with Crippen LogP contribution < -0.4 is 5.32 Å². The van der Waals surface area contributed by atoms with Crippen molar-refractivity contribution >= 4 is 21.8 Å². The van der Waals surface area contributed by atoms with Crippen LogP contribution in [0.25, 0.3) is 0 Å². The number of amides is 1. The van der Waals surface area contributed by atoms with Crippen molar-refractivity contribution in [3.05, 3.63) is 10.6 Å². The second-order valence-corrected chi connectivity index (χ2v) is 2.29. The summed E-state index contributed by atoms with van der Waals surface area (Å²) in [5, 5.41) is 10.9. The van der Waals surface area contributed by atoms with Gasteiger partial charge in [0, 0.05) is 0 Å². The Labute approximate surface area is 54.5 Å². The van der Waals surface area contributed by atoms with E-state index in [-0.39, 0.29) is 5.91 Å². The minimum absolute atomic E-state index is 0.266. The molecule has 44 valence electrons. The second kappa shape index (κ2) is 1.87. The maximum atomic E-state index is 10.4. The molecule has 0 saturated carbocycles. The molecule has 1 aliphatic heterocycles. The summed E-state index contributed by atoms with van der Waals surface area (Å²) in [6.07, 6.45) is 0.583. The molecular weight excluding hydrogens is 174 g/mol. The van der Waals surface area contributed by atoms with E-state index in [1.807, 2.05) is 0 Å². The molecule has 1 unspecified atom stereocenters. The van der Waals surface area contributed by atoms with Crippen LogP contribution in [0.1, 0.15) is 0 Å². The highest BCUT2D eigenvalue weighted by molar-refractivity contribution is 9.12. The Kier molecular flexibility index (Phi) is 1.35. The van der Waals surface area contributed by atoms with Crippen molar-refractivity contribution in [3.8, 4) is 0 Å². The van der Waals surface area contributed by atoms with Crippen molar-refractivity contribution in [2.45, 2.75) is 6.23 Å². The van der Waals surface area contributed by atoms with Crippen molar-refractivity contribution < 1.29 is 9.90 Å². The number of nitrogens with one attached hydrogen (secondary N) is 1. The van der Waals surface area contributed by atoms with Crippen molar-refractivity contribution in [1.82, 2.24) is 5.32 Å². The third kappa shape index (κ3) is 0.900. The lowest BCUT2D eigenvalue weighted by Gasteiger charge is -1.94. The van der Waals surface area contributed by atoms with Gasteiger partial charge in [-0.1, -0.05) is 0 Å². The fourth-order valence-corrected chi connectivity index (χ4v) is 0.824. The normalized spacial score (nSPS) is 27.5. The van der Waals surface area contributed by atoms with E-state index in [0.29, 0.717) is 4.48 Å². The summed E-state index contributed by atoms with van der Waals surface area (Å²) in [7, 11) is 0. The number of aliphatic hydroxyl groups excluding tert-OH is 1. The minimum Gasteiger partial charge on any atom is -0.370 e. The highest BCUT2D eigenvalue weighted by Crippen LogP contribution is 2.10. The average Bonchev–Trinajstić information content (AvgIpc) is 1.85. The van der Waals surface area contributed by atoms with Crippen molar-refractivity contribution in [2.75, 3.05) is 0 Å². The van der Waals surface area contributed by atoms with Crippen molar-refractivity contribution in [1.29, 1.82) is 0 Å². The van der Waals surface area contributed by atoms with Crippen molar-refractivity contribution in [3.63, 3.8) is 0 Å². The summed E-state index contributed by atoms with van der Waals surface area (Å²) in [6.45, 7) is 0. The maximum Gasteiger partial charge on any atom is 0.260 e. The molecule has 0 aromatic heterocycles. The molecule has 8 heavy (non-hydrogen) atoms. The van der Waals surface area contributed by atoms with E-state index >= 15 is 0 Å². The Balaban J connectivity index is 2.73. The summed E-state index contributed by atoms with van der Waals surface area (Å²) in [4.78, 5) is 10.4. The third-order valence-corrected chi connectivity index (χ3v) is 1.42. The molecule has 0 radical (unpaired) electrons. The molecule has 0 saturated heterocycles. The summed E-state index contributed by atoms with van der Waals surface area (Å²) in [5.41, 5.74) is 0. The van der Waals surface area contributed by atoms with E-state index in [0.717, 1.165) is 0 Å². The van der Waals surface area contributed by atoms with Gasteiger partial charge in [-0.15, -0.1) is 0 Å². The fraction of sp³-hybridized carbons (Fsp3) is 0.250. The number of hydrogen-bond donors (Lipinski definition) is 2. The minimum atomic E-state index is -0.808. The van der Waals surface area contributed by atoms with Crippen LogP contribution in [0, 0.1) is 0 Å². The van der Waals surface area contributed by atoms with Crippen LogP contribution in [0.2, 0.25) is 0 Å². The number of carbonyl (C=O) groups excluding carboxylic acids is 1. The lowest BCUT2D eigenvalue weighted by molar-refractivity contribution is -0.117. The van der Waals surface area contributed by atoms with E-state index in [9.17, 15) is 4.79 Å². The van der Waals surface area contributed by atoms with E-state index in [1.165, 1.54) is 6.08 Å². The molecule has 0 aromatic rings. The summed E-state index contributed by atoms with van der Waals surface area (Å²) < 4.78 is 0.394. The molecule has 1 aliphatic rings. The van der Waals surface area contributed by atoms with Gasteiger partial charge in [0.2, 0.25) is 0 Å². The van der Waals surface area contributed by atoms with Crippen LogP contribution in [0.15, 0.2) is 10.6 Å². The molecule has 0 bridgehead atoms. The number of rotatable bonds is 0. The zero-order valence-corrected chi connectivity index (χ0v) is 5.47. The van der Waals surface area contributed by atoms with Gasteiger partial charge in [-0.05, 0) is 22.0 Å². The molecule has 1 rings (SSSR count). The average molecular weight is 178 g/mol. The Morgan fingerprint density at radius 1 is 1.88 bits per heavy atom. The van der Waals surface area contributed by atoms with Crippen LogP contribution in [0.5, 0.6) is 0 Å². The van der Waals surface area contributed by atoms with Gasteiger partial charge in [0.15, 0.2) is 0 Å². The SMILES string of the molecule is O=C1NC(O)C=C1Br. The molecule has 1 amide bonds. The number of halogens is 1. The van der Waals surface area contributed by atoms with Crippen LogP contribution >= 0.6 is 15.9 Å². The summed E-state index contributed by atoms with van der Waals surface area (Å²) >= 11 is 2.93. The molecule has 0 aliphatic carbocycles. The second-order valence-electron chi connectivity index (χ2n) is 1.43. The third-order valence-electron chi connectivity index (χ3n) is 0.800. The van der Waals surface area contributed by atoms with E-state index in [2.05, 4.69) is 21.2 Å². The van der Waals surface area contributed by atoms with Gasteiger partial charge >= 0.3 is 0 Å². The number of carbonyl (C=O) groups is 1. The van der Waals surface area contributed by atoms with Gasteiger partial charge in [0.25, 0.3) is 5.91 Å². The van der Waals surface area contributed by atoms with Crippen LogP contribution in [-0.2, 0) is 4.79 Å². The smallest absolute Gasteiger partial charge is 0.260 e. The summed E-state index contributed by atoms with van der Waals surface area (Å²) in [6, 6.07) is 0. The molecule has 0 spiro atoms. The number of aliphatic hydroxyl groups is 1. The topological polar surface area (TPSA) is 49.3 Å². The molecule has 1 atom stereocenters. The highest BCUT2D eigenvalue weighted by atomic mass is 79.9. The predicted octanol–water partition coefficient (Wildman–Crippen LogP) is -0.287. The van der Waals surface area contributed by atoms with E-state index < -0.39 is 6.23 Å². The maximum absolute atomic E-state index is 10.4. The number of hydrogen-bond acceptors (Lipinski definition) is 2. The molecule has 3 nitrogen and oxygen atoms in total. The Hall–Kier alpha value is -0.350. The molecule has 1 heterocycles. The summed E-state index contributed by atoms with van der Waals surface area (Å²) in [5.74, 6) is -0.266. The van der Waals surface area contributed by atoms with Crippen LogP contribution in [0.3, 0.4) is 0 Å². The predicted molar refractivity (Wildman–Crippen MR) is 31.2 cm³/mol. The van der Waals surface area contributed by atoms with Gasteiger partial charge in [0.1, 0.15) is 6.23 Å². The Morgan fingerprint density at radius 2 is 2.50 bits per heavy atom. The van der Waals surface area contributed by atoms with Gasteiger partial charge in [-0.25, -0.2) is 0 Å². The van der Waals surface area contributed by atoms with Crippen molar-refractivity contribution in [2.24, 2.45) is 0 Å². The quantitative estimate of drug-likeness (QED) is 0.535. The van der Waals surface area contributed by atoms with E-state index in [4.69, 9.17) is 5.11 Å².